The van der Waals surface area contributed by atoms with E-state index in [9.17, 15) is 22.8 Å². The number of methoxy groups -OCH3 is 1. The monoisotopic (exact) mass is 613 g/mol. The number of nitrogens with two attached hydrogens (primary N) is 1. The molecule has 1 unspecified atom stereocenters. The Kier molecular flexibility index (Phi) is 7.93. The molecule has 3 aliphatic rings. The summed E-state index contributed by atoms with van der Waals surface area (Å²) in [4.78, 5) is 46.5. The Balaban J connectivity index is 1.39. The number of rotatable bonds is 10. The second-order valence-electron chi connectivity index (χ2n) is 12.7. The summed E-state index contributed by atoms with van der Waals surface area (Å²) in [6, 6.07) is 5.37. The normalized spacial score (nSPS) is 26.0. The average molecular weight is 614 g/mol. The lowest BCUT2D eigenvalue weighted by Gasteiger charge is -2.33. The number of fused-ring (bicyclic) bond motifs is 1. The van der Waals surface area contributed by atoms with E-state index in [0.717, 1.165) is 10.8 Å². The van der Waals surface area contributed by atoms with Crippen molar-refractivity contribution in [1.29, 1.82) is 0 Å². The summed E-state index contributed by atoms with van der Waals surface area (Å²) in [5.41, 5.74) is 4.28. The average Bonchev–Trinajstić information content (AvgIpc) is 3.88. The second-order valence-corrected chi connectivity index (χ2v) is 14.7. The van der Waals surface area contributed by atoms with Crippen molar-refractivity contribution in [2.45, 2.75) is 75.4 Å². The molecule has 3 fully saturated rings. The van der Waals surface area contributed by atoms with E-state index in [4.69, 9.17) is 15.2 Å². The molecule has 12 nitrogen and oxygen atoms in total. The first-order chi connectivity index (χ1) is 20.2. The minimum atomic E-state index is -3.83. The Morgan fingerprint density at radius 2 is 1.95 bits per heavy atom. The van der Waals surface area contributed by atoms with E-state index in [2.05, 4.69) is 21.6 Å². The van der Waals surface area contributed by atoms with Crippen molar-refractivity contribution in [3.63, 3.8) is 0 Å². The molecule has 0 bridgehead atoms. The topological polar surface area (TPSA) is 170 Å². The lowest BCUT2D eigenvalue weighted by Crippen LogP contribution is -2.59. The summed E-state index contributed by atoms with van der Waals surface area (Å²) in [5.74, 6) is -1.27. The fourth-order valence-corrected chi connectivity index (χ4v) is 6.81. The summed E-state index contributed by atoms with van der Waals surface area (Å²) in [6.45, 7) is 9.31. The first kappa shape index (κ1) is 30.7. The minimum Gasteiger partial charge on any atom is -0.497 e. The molecule has 1 aliphatic heterocycles. The maximum absolute atomic E-state index is 13.9. The molecule has 1 aromatic heterocycles. The lowest BCUT2D eigenvalue weighted by molar-refractivity contribution is -0.142. The molecule has 1 aromatic carbocycles. The smallest absolute Gasteiger partial charge is 0.259 e. The van der Waals surface area contributed by atoms with Crippen LogP contribution in [0.3, 0.4) is 0 Å². The van der Waals surface area contributed by atoms with E-state index in [1.54, 1.807) is 19.4 Å². The van der Waals surface area contributed by atoms with Gasteiger partial charge in [0.15, 0.2) is 0 Å². The highest BCUT2D eigenvalue weighted by atomic mass is 32.2. The Bertz CT molecular complexity index is 1570. The summed E-state index contributed by atoms with van der Waals surface area (Å²) in [7, 11) is -2.26. The molecule has 2 saturated carbocycles. The zero-order valence-electron chi connectivity index (χ0n) is 24.8. The standard InChI is InChI=1S/C30H39N5O7S/c1-6-18-15-30(18,28(38)34-43(39,40)21-8-9-21)33-25(36)23-14-20(16-35(23)27(37)24(31)29(2,3)4)42-26-22-10-7-19(41-5)13-17(22)11-12-32-26/h6-7,10-13,18,20-21,23-24H,1,8-9,14-16,31H2,2-5H3,(H,33,36)(H,34,38)/t18-,20?,23+,24-,30-/m1/s1. The van der Waals surface area contributed by atoms with Gasteiger partial charge in [-0.2, -0.15) is 0 Å². The maximum Gasteiger partial charge on any atom is 0.259 e. The van der Waals surface area contributed by atoms with Crippen molar-refractivity contribution in [3.05, 3.63) is 43.1 Å². The van der Waals surface area contributed by atoms with Crippen LogP contribution in [0.25, 0.3) is 10.8 Å². The molecule has 5 rings (SSSR count). The van der Waals surface area contributed by atoms with Crippen molar-refractivity contribution in [3.8, 4) is 11.6 Å². The Labute approximate surface area is 251 Å². The van der Waals surface area contributed by atoms with Crippen molar-refractivity contribution in [2.75, 3.05) is 13.7 Å². The molecule has 0 radical (unpaired) electrons. The predicted octanol–water partition coefficient (Wildman–Crippen LogP) is 1.63. The third-order valence-electron chi connectivity index (χ3n) is 8.51. The zero-order valence-corrected chi connectivity index (χ0v) is 25.6. The van der Waals surface area contributed by atoms with E-state index in [0.29, 0.717) is 24.5 Å². The van der Waals surface area contributed by atoms with Gasteiger partial charge in [0.25, 0.3) is 5.91 Å². The molecule has 5 atom stereocenters. The molecule has 2 aromatic rings. The number of hydrogen-bond acceptors (Lipinski definition) is 9. The molecule has 13 heteroatoms. The van der Waals surface area contributed by atoms with Crippen LogP contribution in [0, 0.1) is 11.3 Å². The van der Waals surface area contributed by atoms with Gasteiger partial charge in [0.2, 0.25) is 27.7 Å². The fraction of sp³-hybridized carbons (Fsp3) is 0.533. The largest absolute Gasteiger partial charge is 0.497 e. The van der Waals surface area contributed by atoms with Gasteiger partial charge in [-0.3, -0.25) is 19.1 Å². The van der Waals surface area contributed by atoms with Crippen molar-refractivity contribution in [2.24, 2.45) is 17.1 Å². The Hall–Kier alpha value is -3.71. The van der Waals surface area contributed by atoms with Gasteiger partial charge in [-0.05, 0) is 54.3 Å². The number of carbonyl (C=O) groups excluding carboxylic acids is 3. The van der Waals surface area contributed by atoms with Gasteiger partial charge in [-0.1, -0.05) is 26.8 Å². The van der Waals surface area contributed by atoms with Gasteiger partial charge in [0, 0.05) is 23.9 Å². The number of benzene rings is 1. The molecule has 3 amide bonds. The van der Waals surface area contributed by atoms with Crippen molar-refractivity contribution < 1.29 is 32.3 Å². The number of amides is 3. The number of sulfonamides is 1. The number of aromatic nitrogens is 1. The Morgan fingerprint density at radius 1 is 1.23 bits per heavy atom. The Morgan fingerprint density at radius 3 is 2.56 bits per heavy atom. The fourth-order valence-electron chi connectivity index (χ4n) is 5.45. The molecular formula is C30H39N5O7S. The molecule has 43 heavy (non-hydrogen) atoms. The molecule has 4 N–H and O–H groups in total. The maximum atomic E-state index is 13.9. The van der Waals surface area contributed by atoms with Crippen LogP contribution in [0.5, 0.6) is 11.6 Å². The summed E-state index contributed by atoms with van der Waals surface area (Å²) >= 11 is 0. The highest BCUT2D eigenvalue weighted by Gasteiger charge is 2.62. The van der Waals surface area contributed by atoms with Crippen LogP contribution in [0.2, 0.25) is 0 Å². The number of nitrogens with zero attached hydrogens (tertiary/aromatic N) is 2. The third kappa shape index (κ3) is 6.05. The summed E-state index contributed by atoms with van der Waals surface area (Å²) in [6.07, 6.45) is 3.79. The second kappa shape index (κ2) is 11.1. The van der Waals surface area contributed by atoms with Gasteiger partial charge < -0.3 is 25.4 Å². The van der Waals surface area contributed by atoms with Gasteiger partial charge in [0.05, 0.1) is 24.9 Å². The predicted molar refractivity (Wildman–Crippen MR) is 160 cm³/mol. The minimum absolute atomic E-state index is 0.0645. The molecular weight excluding hydrogens is 574 g/mol. The number of ether oxygens (including phenoxy) is 2. The molecule has 1 saturated heterocycles. The lowest BCUT2D eigenvalue weighted by atomic mass is 9.86. The third-order valence-corrected chi connectivity index (χ3v) is 10.3. The molecule has 0 spiro atoms. The molecule has 2 aliphatic carbocycles. The first-order valence-corrected chi connectivity index (χ1v) is 15.9. The van der Waals surface area contributed by atoms with Crippen molar-refractivity contribution in [1.82, 2.24) is 19.9 Å². The van der Waals surface area contributed by atoms with E-state index in [1.807, 2.05) is 39.0 Å². The summed E-state index contributed by atoms with van der Waals surface area (Å²) < 4.78 is 38.8. The van der Waals surface area contributed by atoms with Gasteiger partial charge in [0.1, 0.15) is 23.4 Å². The van der Waals surface area contributed by atoms with Crippen LogP contribution in [-0.4, -0.2) is 78.7 Å². The number of nitrogens with one attached hydrogen (secondary N) is 2. The van der Waals surface area contributed by atoms with Gasteiger partial charge in [-0.15, -0.1) is 6.58 Å². The molecule has 232 valence electrons. The zero-order chi connectivity index (χ0) is 31.3. The van der Waals surface area contributed by atoms with Crippen molar-refractivity contribution >= 4 is 38.5 Å². The van der Waals surface area contributed by atoms with Crippen LogP contribution < -0.4 is 25.2 Å². The number of hydrogen-bond donors (Lipinski definition) is 3. The number of pyridine rings is 1. The van der Waals surface area contributed by atoms with E-state index >= 15 is 0 Å². The van der Waals surface area contributed by atoms with E-state index in [1.165, 1.54) is 11.0 Å². The highest BCUT2D eigenvalue weighted by Crippen LogP contribution is 2.45. The van der Waals surface area contributed by atoms with Crippen LogP contribution in [0.4, 0.5) is 0 Å². The van der Waals surface area contributed by atoms with Crippen LogP contribution in [-0.2, 0) is 24.4 Å². The first-order valence-electron chi connectivity index (χ1n) is 14.4. The quantitative estimate of drug-likeness (QED) is 0.337. The van der Waals surface area contributed by atoms with Gasteiger partial charge >= 0.3 is 0 Å². The van der Waals surface area contributed by atoms with Crippen LogP contribution >= 0.6 is 0 Å². The summed E-state index contributed by atoms with van der Waals surface area (Å²) in [5, 5.41) is 3.75. The number of carbonyl (C=O) groups is 3. The van der Waals surface area contributed by atoms with Gasteiger partial charge in [-0.25, -0.2) is 13.4 Å². The SMILES string of the molecule is C=C[C@@H]1C[C@]1(NC(=O)[C@@H]1CC(Oc2nccc3cc(OC)ccc23)CN1C(=O)[C@@H](N)C(C)(C)C)C(=O)NS(=O)(=O)C1CC1. The van der Waals surface area contributed by atoms with Crippen LogP contribution in [0.1, 0.15) is 46.5 Å². The van der Waals surface area contributed by atoms with E-state index < -0.39 is 68.1 Å². The number of likely N-dealkylation sites (tertiary alicyclic amines) is 1. The van der Waals surface area contributed by atoms with E-state index in [-0.39, 0.29) is 19.4 Å². The highest BCUT2D eigenvalue weighted by molar-refractivity contribution is 7.91. The van der Waals surface area contributed by atoms with Crippen LogP contribution in [0.15, 0.2) is 43.1 Å². The molecule has 2 heterocycles.